The summed E-state index contributed by atoms with van der Waals surface area (Å²) >= 11 is 1.68. The van der Waals surface area contributed by atoms with Crippen LogP contribution in [0.5, 0.6) is 11.5 Å². The molecule has 0 atom stereocenters. The highest BCUT2D eigenvalue weighted by Gasteiger charge is 2.11. The van der Waals surface area contributed by atoms with Crippen LogP contribution in [0.2, 0.25) is 0 Å². The molecule has 3 aromatic rings. The van der Waals surface area contributed by atoms with Gasteiger partial charge < -0.3 is 19.4 Å². The zero-order chi connectivity index (χ0) is 17.5. The van der Waals surface area contributed by atoms with Gasteiger partial charge in [0.25, 0.3) is 5.91 Å². The van der Waals surface area contributed by atoms with Crippen molar-refractivity contribution < 1.29 is 14.3 Å². The van der Waals surface area contributed by atoms with Crippen molar-refractivity contribution in [3.05, 3.63) is 70.7 Å². The average molecular weight is 356 g/mol. The lowest BCUT2D eigenvalue weighted by Crippen LogP contribution is -2.29. The van der Waals surface area contributed by atoms with Crippen LogP contribution in [0.25, 0.3) is 0 Å². The first-order valence-electron chi connectivity index (χ1n) is 7.99. The number of hydrogen-bond donors (Lipinski definition) is 1. The molecule has 0 aliphatic carbocycles. The predicted octanol–water partition coefficient (Wildman–Crippen LogP) is 3.42. The highest BCUT2D eigenvalue weighted by atomic mass is 32.1. The van der Waals surface area contributed by atoms with Crippen LogP contribution in [0.4, 0.5) is 0 Å². The molecule has 0 bridgehead atoms. The first kappa shape index (κ1) is 17.1. The van der Waals surface area contributed by atoms with Crippen molar-refractivity contribution in [1.82, 2.24) is 9.88 Å². The number of hydrogen-bond acceptors (Lipinski definition) is 4. The lowest BCUT2D eigenvalue weighted by atomic mass is 10.3. The molecule has 0 saturated heterocycles. The number of carbonyl (C=O) groups excluding carboxylic acids is 1. The molecule has 0 saturated carbocycles. The molecule has 2 aromatic heterocycles. The molecule has 0 aliphatic heterocycles. The lowest BCUT2D eigenvalue weighted by Gasteiger charge is -2.10. The third kappa shape index (κ3) is 4.64. The zero-order valence-corrected chi connectivity index (χ0v) is 14.8. The molecular formula is C19H20N2O3S. The molecule has 1 amide bonds. The van der Waals surface area contributed by atoms with Gasteiger partial charge in [0.2, 0.25) is 0 Å². The summed E-state index contributed by atoms with van der Waals surface area (Å²) in [5, 5.41) is 4.93. The molecule has 130 valence electrons. The second-order valence-electron chi connectivity index (χ2n) is 5.38. The Morgan fingerprint density at radius 2 is 2.04 bits per heavy atom. The summed E-state index contributed by atoms with van der Waals surface area (Å²) in [6, 6.07) is 15.2. The topological polar surface area (TPSA) is 52.5 Å². The Hall–Kier alpha value is -2.73. The van der Waals surface area contributed by atoms with E-state index in [1.807, 2.05) is 58.6 Å². The van der Waals surface area contributed by atoms with E-state index in [0.29, 0.717) is 25.4 Å². The first-order chi connectivity index (χ1) is 12.3. The van der Waals surface area contributed by atoms with Crippen molar-refractivity contribution in [2.45, 2.75) is 6.54 Å². The molecule has 0 spiro atoms. The maximum atomic E-state index is 12.4. The standard InChI is InChI=1S/C19H20N2O3S/c1-23-15-5-2-6-16(13-15)24-11-9-20-19(22)18-8-3-10-21(18)14-17-7-4-12-25-17/h2-8,10,12-13H,9,11,14H2,1H3,(H,20,22). The van der Waals surface area contributed by atoms with Crippen molar-refractivity contribution in [1.29, 1.82) is 0 Å². The van der Waals surface area contributed by atoms with Crippen molar-refractivity contribution in [2.24, 2.45) is 0 Å². The number of thiophene rings is 1. The van der Waals surface area contributed by atoms with Gasteiger partial charge in [0, 0.05) is 17.1 Å². The zero-order valence-electron chi connectivity index (χ0n) is 14.0. The quantitative estimate of drug-likeness (QED) is 0.629. The molecule has 2 heterocycles. The predicted molar refractivity (Wildman–Crippen MR) is 98.7 cm³/mol. The highest BCUT2D eigenvalue weighted by molar-refractivity contribution is 7.09. The van der Waals surface area contributed by atoms with Gasteiger partial charge >= 0.3 is 0 Å². The van der Waals surface area contributed by atoms with Crippen molar-refractivity contribution >= 4 is 17.2 Å². The Kier molecular flexibility index (Phi) is 5.74. The number of nitrogens with zero attached hydrogens (tertiary/aromatic N) is 1. The van der Waals surface area contributed by atoms with E-state index in [4.69, 9.17) is 9.47 Å². The highest BCUT2D eigenvalue weighted by Crippen LogP contribution is 2.18. The fraction of sp³-hybridized carbons (Fsp3) is 0.211. The number of rotatable bonds is 8. The van der Waals surface area contributed by atoms with Gasteiger partial charge in [0.1, 0.15) is 23.8 Å². The van der Waals surface area contributed by atoms with Crippen LogP contribution < -0.4 is 14.8 Å². The first-order valence-corrected chi connectivity index (χ1v) is 8.87. The molecule has 0 aliphatic rings. The normalized spacial score (nSPS) is 10.4. The van der Waals surface area contributed by atoms with Gasteiger partial charge in [-0.3, -0.25) is 4.79 Å². The van der Waals surface area contributed by atoms with Crippen LogP contribution in [0, 0.1) is 0 Å². The van der Waals surface area contributed by atoms with E-state index in [9.17, 15) is 4.79 Å². The van der Waals surface area contributed by atoms with Crippen molar-refractivity contribution in [3.63, 3.8) is 0 Å². The summed E-state index contributed by atoms with van der Waals surface area (Å²) < 4.78 is 12.7. The minimum Gasteiger partial charge on any atom is -0.497 e. The Bertz CT molecular complexity index is 812. The van der Waals surface area contributed by atoms with Gasteiger partial charge in [-0.1, -0.05) is 12.1 Å². The average Bonchev–Trinajstić information content (AvgIpc) is 3.31. The number of amides is 1. The largest absolute Gasteiger partial charge is 0.497 e. The number of benzene rings is 1. The fourth-order valence-electron chi connectivity index (χ4n) is 2.44. The Labute approximate surface area is 150 Å². The maximum absolute atomic E-state index is 12.4. The monoisotopic (exact) mass is 356 g/mol. The van der Waals surface area contributed by atoms with Crippen LogP contribution in [0.3, 0.4) is 0 Å². The number of aromatic nitrogens is 1. The second-order valence-corrected chi connectivity index (χ2v) is 6.42. The summed E-state index contributed by atoms with van der Waals surface area (Å²) in [6.45, 7) is 1.53. The van der Waals surface area contributed by atoms with E-state index >= 15 is 0 Å². The number of carbonyl (C=O) groups is 1. The Balaban J connectivity index is 1.49. The molecule has 6 heteroatoms. The summed E-state index contributed by atoms with van der Waals surface area (Å²) in [5.41, 5.74) is 0.648. The minimum atomic E-state index is -0.101. The summed E-state index contributed by atoms with van der Waals surface area (Å²) in [5.74, 6) is 1.36. The Morgan fingerprint density at radius 3 is 2.84 bits per heavy atom. The van der Waals surface area contributed by atoms with Gasteiger partial charge in [-0.2, -0.15) is 0 Å². The van der Waals surface area contributed by atoms with E-state index in [-0.39, 0.29) is 5.91 Å². The van der Waals surface area contributed by atoms with Crippen molar-refractivity contribution in [3.8, 4) is 11.5 Å². The molecule has 3 rings (SSSR count). The van der Waals surface area contributed by atoms with E-state index in [2.05, 4.69) is 11.4 Å². The lowest BCUT2D eigenvalue weighted by molar-refractivity contribution is 0.0938. The molecule has 1 N–H and O–H groups in total. The number of nitrogens with one attached hydrogen (secondary N) is 1. The van der Waals surface area contributed by atoms with E-state index in [1.54, 1.807) is 18.4 Å². The summed E-state index contributed by atoms with van der Waals surface area (Å²) in [6.07, 6.45) is 1.92. The van der Waals surface area contributed by atoms with Crippen LogP contribution in [0.15, 0.2) is 60.1 Å². The third-order valence-corrected chi connectivity index (χ3v) is 4.53. The minimum absolute atomic E-state index is 0.101. The molecule has 0 radical (unpaired) electrons. The Morgan fingerprint density at radius 1 is 1.16 bits per heavy atom. The molecular weight excluding hydrogens is 336 g/mol. The van der Waals surface area contributed by atoms with Crippen LogP contribution >= 0.6 is 11.3 Å². The van der Waals surface area contributed by atoms with E-state index in [1.165, 1.54) is 4.88 Å². The second kappa shape index (κ2) is 8.39. The van der Waals surface area contributed by atoms with E-state index in [0.717, 1.165) is 11.5 Å². The third-order valence-electron chi connectivity index (χ3n) is 3.67. The van der Waals surface area contributed by atoms with Crippen LogP contribution in [-0.4, -0.2) is 30.7 Å². The molecule has 1 aromatic carbocycles. The van der Waals surface area contributed by atoms with Gasteiger partial charge in [0.05, 0.1) is 20.2 Å². The molecule has 5 nitrogen and oxygen atoms in total. The van der Waals surface area contributed by atoms with Gasteiger partial charge in [-0.05, 0) is 35.7 Å². The molecule has 0 fully saturated rings. The fourth-order valence-corrected chi connectivity index (χ4v) is 3.15. The smallest absolute Gasteiger partial charge is 0.268 e. The molecule has 25 heavy (non-hydrogen) atoms. The van der Waals surface area contributed by atoms with Crippen LogP contribution in [0.1, 0.15) is 15.4 Å². The van der Waals surface area contributed by atoms with Crippen molar-refractivity contribution in [2.75, 3.05) is 20.3 Å². The maximum Gasteiger partial charge on any atom is 0.268 e. The summed E-state index contributed by atoms with van der Waals surface area (Å²) in [4.78, 5) is 13.6. The van der Waals surface area contributed by atoms with E-state index < -0.39 is 0 Å². The van der Waals surface area contributed by atoms with Crippen LogP contribution in [-0.2, 0) is 6.54 Å². The van der Waals surface area contributed by atoms with Gasteiger partial charge in [0.15, 0.2) is 0 Å². The van der Waals surface area contributed by atoms with Gasteiger partial charge in [-0.25, -0.2) is 0 Å². The molecule has 0 unspecified atom stereocenters. The number of methoxy groups -OCH3 is 1. The summed E-state index contributed by atoms with van der Waals surface area (Å²) in [7, 11) is 1.62. The SMILES string of the molecule is COc1cccc(OCCNC(=O)c2cccn2Cc2cccs2)c1. The van der Waals surface area contributed by atoms with Gasteiger partial charge in [-0.15, -0.1) is 11.3 Å². The number of ether oxygens (including phenoxy) is 2.